The lowest BCUT2D eigenvalue weighted by atomic mass is 9.85. The summed E-state index contributed by atoms with van der Waals surface area (Å²) >= 11 is 0. The summed E-state index contributed by atoms with van der Waals surface area (Å²) in [7, 11) is 0. The Kier molecular flexibility index (Phi) is 6.16. The fourth-order valence-electron chi connectivity index (χ4n) is 3.32. The zero-order chi connectivity index (χ0) is 18.4. The highest BCUT2D eigenvalue weighted by Crippen LogP contribution is 2.31. The van der Waals surface area contributed by atoms with E-state index in [1.165, 1.54) is 0 Å². The molecule has 0 spiro atoms. The van der Waals surface area contributed by atoms with Gasteiger partial charge < -0.3 is 14.8 Å². The Morgan fingerprint density at radius 1 is 1.08 bits per heavy atom. The minimum Gasteiger partial charge on any atom is -0.486 e. The highest BCUT2D eigenvalue weighted by atomic mass is 16.6. The maximum absolute atomic E-state index is 12.8. The monoisotopic (exact) mass is 353 g/mol. The average Bonchev–Trinajstić information content (AvgIpc) is 2.68. The van der Waals surface area contributed by atoms with Crippen LogP contribution in [-0.4, -0.2) is 25.7 Å². The van der Waals surface area contributed by atoms with E-state index < -0.39 is 0 Å². The third-order valence-electron chi connectivity index (χ3n) is 4.97. The number of ether oxygens (including phenoxy) is 2. The summed E-state index contributed by atoms with van der Waals surface area (Å²) in [5, 5.41) is 3.11. The topological polar surface area (TPSA) is 47.6 Å². The Morgan fingerprint density at radius 3 is 2.54 bits per heavy atom. The van der Waals surface area contributed by atoms with Gasteiger partial charge in [0, 0.05) is 6.54 Å². The van der Waals surface area contributed by atoms with Crippen molar-refractivity contribution in [2.24, 2.45) is 5.92 Å². The first-order chi connectivity index (χ1) is 12.7. The summed E-state index contributed by atoms with van der Waals surface area (Å²) in [6, 6.07) is 16.0. The number of nitrogens with one attached hydrogen (secondary N) is 1. The van der Waals surface area contributed by atoms with Gasteiger partial charge in [-0.1, -0.05) is 56.7 Å². The van der Waals surface area contributed by atoms with Gasteiger partial charge in [0.25, 0.3) is 0 Å². The van der Waals surface area contributed by atoms with Crippen molar-refractivity contribution in [3.05, 3.63) is 59.7 Å². The molecule has 0 bridgehead atoms. The first kappa shape index (κ1) is 18.3. The molecule has 4 heteroatoms. The van der Waals surface area contributed by atoms with E-state index in [4.69, 9.17) is 9.47 Å². The molecule has 2 unspecified atom stereocenters. The lowest BCUT2D eigenvalue weighted by molar-refractivity contribution is -0.123. The SMILES string of the molecule is CCC(C)C(C(=O)NCCc1ccc2c(c1)OCCO2)c1ccccc1. The van der Waals surface area contributed by atoms with Crippen LogP contribution in [0, 0.1) is 5.92 Å². The van der Waals surface area contributed by atoms with Crippen molar-refractivity contribution in [1.82, 2.24) is 5.32 Å². The van der Waals surface area contributed by atoms with Gasteiger partial charge in [-0.2, -0.15) is 0 Å². The molecule has 0 saturated heterocycles. The molecule has 0 aromatic heterocycles. The van der Waals surface area contributed by atoms with Gasteiger partial charge >= 0.3 is 0 Å². The van der Waals surface area contributed by atoms with Crippen molar-refractivity contribution >= 4 is 5.91 Å². The van der Waals surface area contributed by atoms with Gasteiger partial charge in [-0.3, -0.25) is 4.79 Å². The molecule has 0 radical (unpaired) electrons. The van der Waals surface area contributed by atoms with E-state index in [1.54, 1.807) is 0 Å². The molecule has 2 atom stereocenters. The molecule has 3 rings (SSSR count). The molecular formula is C22H27NO3. The molecule has 1 aliphatic rings. The van der Waals surface area contributed by atoms with Gasteiger partial charge in [0.1, 0.15) is 13.2 Å². The van der Waals surface area contributed by atoms with Crippen LogP contribution in [0.15, 0.2) is 48.5 Å². The second-order valence-corrected chi connectivity index (χ2v) is 6.79. The van der Waals surface area contributed by atoms with Crippen LogP contribution in [0.3, 0.4) is 0 Å². The average molecular weight is 353 g/mol. The first-order valence-corrected chi connectivity index (χ1v) is 9.40. The molecule has 0 fully saturated rings. The van der Waals surface area contributed by atoms with Crippen LogP contribution in [0.5, 0.6) is 11.5 Å². The minimum atomic E-state index is -0.110. The van der Waals surface area contributed by atoms with Crippen LogP contribution < -0.4 is 14.8 Å². The molecule has 1 aliphatic heterocycles. The molecule has 1 amide bonds. The van der Waals surface area contributed by atoms with E-state index in [0.29, 0.717) is 25.7 Å². The molecule has 26 heavy (non-hydrogen) atoms. The van der Waals surface area contributed by atoms with Crippen LogP contribution in [0.4, 0.5) is 0 Å². The highest BCUT2D eigenvalue weighted by molar-refractivity contribution is 5.84. The van der Waals surface area contributed by atoms with Crippen molar-refractivity contribution in [2.75, 3.05) is 19.8 Å². The van der Waals surface area contributed by atoms with Crippen LogP contribution in [0.25, 0.3) is 0 Å². The lowest BCUT2D eigenvalue weighted by Gasteiger charge is -2.23. The van der Waals surface area contributed by atoms with Gasteiger partial charge in [0.15, 0.2) is 11.5 Å². The van der Waals surface area contributed by atoms with E-state index in [9.17, 15) is 4.79 Å². The van der Waals surface area contributed by atoms with Crippen molar-refractivity contribution in [3.63, 3.8) is 0 Å². The standard InChI is InChI=1S/C22H27NO3/c1-3-16(2)21(18-7-5-4-6-8-18)22(24)23-12-11-17-9-10-19-20(15-17)26-14-13-25-19/h4-10,15-16,21H,3,11-14H2,1-2H3,(H,23,24). The summed E-state index contributed by atoms with van der Waals surface area (Å²) in [5.74, 6) is 1.88. The second kappa shape index (κ2) is 8.75. The third kappa shape index (κ3) is 4.37. The van der Waals surface area contributed by atoms with E-state index >= 15 is 0 Å². The van der Waals surface area contributed by atoms with E-state index in [-0.39, 0.29) is 11.8 Å². The fraction of sp³-hybridized carbons (Fsp3) is 0.409. The normalized spacial score (nSPS) is 15.2. The summed E-state index contributed by atoms with van der Waals surface area (Å²) < 4.78 is 11.2. The van der Waals surface area contributed by atoms with Gasteiger partial charge in [-0.15, -0.1) is 0 Å². The number of hydrogen-bond donors (Lipinski definition) is 1. The predicted molar refractivity (Wildman–Crippen MR) is 103 cm³/mol. The van der Waals surface area contributed by atoms with Crippen LogP contribution in [0.1, 0.15) is 37.3 Å². The molecule has 1 N–H and O–H groups in total. The Balaban J connectivity index is 1.60. The maximum atomic E-state index is 12.8. The van der Waals surface area contributed by atoms with Crippen molar-refractivity contribution < 1.29 is 14.3 Å². The number of fused-ring (bicyclic) bond motifs is 1. The Hall–Kier alpha value is -2.49. The summed E-state index contributed by atoms with van der Waals surface area (Å²) in [6.07, 6.45) is 1.74. The van der Waals surface area contributed by atoms with Crippen molar-refractivity contribution in [2.45, 2.75) is 32.6 Å². The van der Waals surface area contributed by atoms with Crippen LogP contribution in [-0.2, 0) is 11.2 Å². The van der Waals surface area contributed by atoms with Crippen molar-refractivity contribution in [3.8, 4) is 11.5 Å². The Bertz CT molecular complexity index is 729. The summed E-state index contributed by atoms with van der Waals surface area (Å²) in [6.45, 7) is 6.05. The first-order valence-electron chi connectivity index (χ1n) is 9.40. The lowest BCUT2D eigenvalue weighted by Crippen LogP contribution is -2.34. The largest absolute Gasteiger partial charge is 0.486 e. The van der Waals surface area contributed by atoms with Crippen molar-refractivity contribution in [1.29, 1.82) is 0 Å². The fourth-order valence-corrected chi connectivity index (χ4v) is 3.32. The molecule has 0 saturated carbocycles. The van der Waals surface area contributed by atoms with Gasteiger partial charge in [0.05, 0.1) is 5.92 Å². The highest BCUT2D eigenvalue weighted by Gasteiger charge is 2.25. The van der Waals surface area contributed by atoms with Gasteiger partial charge in [-0.05, 0) is 35.6 Å². The van der Waals surface area contributed by atoms with Gasteiger partial charge in [-0.25, -0.2) is 0 Å². The summed E-state index contributed by atoms with van der Waals surface area (Å²) in [5.41, 5.74) is 2.22. The minimum absolute atomic E-state index is 0.100. The molecule has 0 aliphatic carbocycles. The Labute approximate surface area is 155 Å². The molecule has 138 valence electrons. The number of benzene rings is 2. The molecular weight excluding hydrogens is 326 g/mol. The van der Waals surface area contributed by atoms with Crippen LogP contribution >= 0.6 is 0 Å². The van der Waals surface area contributed by atoms with E-state index in [0.717, 1.165) is 35.5 Å². The zero-order valence-corrected chi connectivity index (χ0v) is 15.5. The number of amides is 1. The second-order valence-electron chi connectivity index (χ2n) is 6.79. The number of rotatable bonds is 7. The zero-order valence-electron chi connectivity index (χ0n) is 15.5. The molecule has 1 heterocycles. The van der Waals surface area contributed by atoms with Gasteiger partial charge in [0.2, 0.25) is 5.91 Å². The molecule has 2 aromatic rings. The maximum Gasteiger partial charge on any atom is 0.227 e. The Morgan fingerprint density at radius 2 is 1.81 bits per heavy atom. The van der Waals surface area contributed by atoms with E-state index in [2.05, 4.69) is 19.2 Å². The quantitative estimate of drug-likeness (QED) is 0.820. The smallest absolute Gasteiger partial charge is 0.227 e. The third-order valence-corrected chi connectivity index (χ3v) is 4.97. The van der Waals surface area contributed by atoms with E-state index in [1.807, 2.05) is 48.5 Å². The number of carbonyl (C=O) groups excluding carboxylic acids is 1. The van der Waals surface area contributed by atoms with Crippen LogP contribution in [0.2, 0.25) is 0 Å². The summed E-state index contributed by atoms with van der Waals surface area (Å²) in [4.78, 5) is 12.8. The molecule has 4 nitrogen and oxygen atoms in total. The number of hydrogen-bond acceptors (Lipinski definition) is 3. The molecule has 2 aromatic carbocycles. The predicted octanol–water partition coefficient (Wildman–Crippen LogP) is 3.95. The number of carbonyl (C=O) groups is 1.